The molecule has 0 saturated heterocycles. The molecule has 0 aliphatic heterocycles. The lowest BCUT2D eigenvalue weighted by Gasteiger charge is -2.19. The molecule has 1 atom stereocenters. The third-order valence-electron chi connectivity index (χ3n) is 5.34. The van der Waals surface area contributed by atoms with E-state index in [1.165, 1.54) is 12.4 Å². The van der Waals surface area contributed by atoms with Crippen molar-refractivity contribution in [1.29, 1.82) is 0 Å². The molecule has 0 radical (unpaired) electrons. The summed E-state index contributed by atoms with van der Waals surface area (Å²) in [6.07, 6.45) is 6.42. The van der Waals surface area contributed by atoms with Crippen LogP contribution in [0.2, 0.25) is 0 Å². The quantitative estimate of drug-likeness (QED) is 0.347. The summed E-state index contributed by atoms with van der Waals surface area (Å²) in [6.45, 7) is 9.79. The molecule has 2 heterocycles. The first-order valence-electron chi connectivity index (χ1n) is 10.7. The number of anilines is 2. The number of ether oxygens (including phenoxy) is 1. The molecule has 2 aromatic carbocycles. The van der Waals surface area contributed by atoms with E-state index in [2.05, 4.69) is 44.0 Å². The topological polar surface area (TPSA) is 89.3 Å². The maximum Gasteiger partial charge on any atom is 0.156 e. The Hall–Kier alpha value is -4.11. The number of hydrogen-bond acceptors (Lipinski definition) is 7. The SMILES string of the molecule is C=Cc1c(N=C)ccc(Nc2ncnc3cc(-c4cnn(C)c4)cc(OC(C)CNC)c23)c1F. The van der Waals surface area contributed by atoms with Crippen LogP contribution in [0.4, 0.5) is 21.6 Å². The van der Waals surface area contributed by atoms with Crippen LogP contribution in [0.3, 0.4) is 0 Å². The lowest BCUT2D eigenvalue weighted by molar-refractivity contribution is 0.223. The largest absolute Gasteiger partial charge is 0.489 e. The van der Waals surface area contributed by atoms with Crippen LogP contribution in [0.25, 0.3) is 28.1 Å². The average molecular weight is 460 g/mol. The van der Waals surface area contributed by atoms with Crippen molar-refractivity contribution in [3.8, 4) is 16.9 Å². The number of rotatable bonds is 9. The second-order valence-corrected chi connectivity index (χ2v) is 7.83. The molecule has 0 spiro atoms. The van der Waals surface area contributed by atoms with Gasteiger partial charge >= 0.3 is 0 Å². The van der Waals surface area contributed by atoms with Crippen LogP contribution >= 0.6 is 0 Å². The molecule has 0 bridgehead atoms. The minimum Gasteiger partial charge on any atom is -0.489 e. The van der Waals surface area contributed by atoms with Gasteiger partial charge < -0.3 is 15.4 Å². The van der Waals surface area contributed by atoms with Gasteiger partial charge in [0, 0.05) is 30.9 Å². The summed E-state index contributed by atoms with van der Waals surface area (Å²) >= 11 is 0. The van der Waals surface area contributed by atoms with Gasteiger partial charge in [-0.1, -0.05) is 12.7 Å². The summed E-state index contributed by atoms with van der Waals surface area (Å²) in [4.78, 5) is 12.7. The van der Waals surface area contributed by atoms with Crippen LogP contribution in [-0.2, 0) is 7.05 Å². The fourth-order valence-corrected chi connectivity index (χ4v) is 3.76. The number of aliphatic imine (C=N–C) groups is 1. The maximum atomic E-state index is 15.2. The standard InChI is InChI=1S/C25H26FN7O/c1-6-18-19(28-4)7-8-20(24(18)26)32-25-23-21(29-14-30-25)9-16(17-12-31-33(5)13-17)10-22(23)34-15(2)11-27-3/h6-10,12-15,27H,1,4,11H2,2-3,5H3,(H,29,30,32). The van der Waals surface area contributed by atoms with Gasteiger partial charge in [0.15, 0.2) is 5.82 Å². The van der Waals surface area contributed by atoms with Gasteiger partial charge in [0.25, 0.3) is 0 Å². The highest BCUT2D eigenvalue weighted by Crippen LogP contribution is 2.38. The number of nitrogens with one attached hydrogen (secondary N) is 2. The second-order valence-electron chi connectivity index (χ2n) is 7.83. The van der Waals surface area contributed by atoms with Gasteiger partial charge in [-0.2, -0.15) is 5.10 Å². The summed E-state index contributed by atoms with van der Waals surface area (Å²) in [5.41, 5.74) is 3.39. The Balaban J connectivity index is 1.86. The van der Waals surface area contributed by atoms with Gasteiger partial charge in [-0.25, -0.2) is 14.4 Å². The van der Waals surface area contributed by atoms with Crippen molar-refractivity contribution < 1.29 is 9.13 Å². The first-order valence-corrected chi connectivity index (χ1v) is 10.7. The zero-order valence-corrected chi connectivity index (χ0v) is 19.3. The third-order valence-corrected chi connectivity index (χ3v) is 5.34. The number of hydrogen-bond donors (Lipinski definition) is 2. The van der Waals surface area contributed by atoms with Crippen LogP contribution < -0.4 is 15.4 Å². The monoisotopic (exact) mass is 459 g/mol. The Morgan fingerprint density at radius 1 is 1.26 bits per heavy atom. The number of likely N-dealkylation sites (N-methyl/N-ethyl adjacent to an activating group) is 1. The van der Waals surface area contributed by atoms with Crippen LogP contribution in [-0.4, -0.2) is 46.2 Å². The summed E-state index contributed by atoms with van der Waals surface area (Å²) in [5, 5.41) is 11.1. The van der Waals surface area contributed by atoms with Crippen molar-refractivity contribution in [2.75, 3.05) is 18.9 Å². The molecule has 0 amide bonds. The third kappa shape index (κ3) is 4.51. The number of nitrogens with zero attached hydrogens (tertiary/aromatic N) is 5. The highest BCUT2D eigenvalue weighted by Gasteiger charge is 2.18. The number of benzene rings is 2. The molecule has 1 unspecified atom stereocenters. The molecule has 174 valence electrons. The Morgan fingerprint density at radius 3 is 2.76 bits per heavy atom. The fourth-order valence-electron chi connectivity index (χ4n) is 3.76. The highest BCUT2D eigenvalue weighted by molar-refractivity contribution is 5.98. The first kappa shape index (κ1) is 23.1. The van der Waals surface area contributed by atoms with Crippen molar-refractivity contribution in [2.45, 2.75) is 13.0 Å². The van der Waals surface area contributed by atoms with Gasteiger partial charge in [0.2, 0.25) is 0 Å². The molecule has 8 nitrogen and oxygen atoms in total. The van der Waals surface area contributed by atoms with E-state index in [4.69, 9.17) is 4.74 Å². The molecule has 4 aromatic rings. The summed E-state index contributed by atoms with van der Waals surface area (Å²) in [6, 6.07) is 7.13. The number of aromatic nitrogens is 4. The maximum absolute atomic E-state index is 15.2. The zero-order chi connectivity index (χ0) is 24.2. The first-order chi connectivity index (χ1) is 16.4. The van der Waals surface area contributed by atoms with Crippen LogP contribution in [0.1, 0.15) is 12.5 Å². The van der Waals surface area contributed by atoms with Crippen molar-refractivity contribution in [3.05, 3.63) is 60.9 Å². The van der Waals surface area contributed by atoms with Crippen molar-refractivity contribution in [1.82, 2.24) is 25.1 Å². The highest BCUT2D eigenvalue weighted by atomic mass is 19.1. The molecule has 34 heavy (non-hydrogen) atoms. The van der Waals surface area contributed by atoms with E-state index in [0.29, 0.717) is 34.7 Å². The Labute approximate surface area is 197 Å². The van der Waals surface area contributed by atoms with E-state index in [0.717, 1.165) is 11.1 Å². The van der Waals surface area contributed by atoms with E-state index in [1.54, 1.807) is 23.0 Å². The van der Waals surface area contributed by atoms with E-state index in [1.807, 2.05) is 39.3 Å². The van der Waals surface area contributed by atoms with Gasteiger partial charge in [-0.3, -0.25) is 9.67 Å². The predicted molar refractivity (Wildman–Crippen MR) is 135 cm³/mol. The van der Waals surface area contributed by atoms with E-state index >= 15 is 4.39 Å². The van der Waals surface area contributed by atoms with Crippen molar-refractivity contribution in [2.24, 2.45) is 12.0 Å². The molecule has 9 heteroatoms. The van der Waals surface area contributed by atoms with Gasteiger partial charge in [0.05, 0.1) is 28.5 Å². The minimum atomic E-state index is -0.496. The number of fused-ring (bicyclic) bond motifs is 1. The smallest absolute Gasteiger partial charge is 0.156 e. The number of aryl methyl sites for hydroxylation is 1. The molecular weight excluding hydrogens is 433 g/mol. The Kier molecular flexibility index (Phi) is 6.65. The lowest BCUT2D eigenvalue weighted by atomic mass is 10.1. The summed E-state index contributed by atoms with van der Waals surface area (Å²) < 4.78 is 23.2. The zero-order valence-electron chi connectivity index (χ0n) is 19.3. The Bertz CT molecular complexity index is 1370. The van der Waals surface area contributed by atoms with E-state index < -0.39 is 5.82 Å². The molecule has 0 fully saturated rings. The van der Waals surface area contributed by atoms with Crippen LogP contribution in [0.15, 0.2) is 54.6 Å². The molecule has 0 saturated carbocycles. The average Bonchev–Trinajstić information content (AvgIpc) is 3.26. The lowest BCUT2D eigenvalue weighted by Crippen LogP contribution is -2.26. The molecule has 2 N–H and O–H groups in total. The van der Waals surface area contributed by atoms with Crippen molar-refractivity contribution in [3.63, 3.8) is 0 Å². The molecular formula is C25H26FN7O. The van der Waals surface area contributed by atoms with Gasteiger partial charge in [-0.15, -0.1) is 0 Å². The summed E-state index contributed by atoms with van der Waals surface area (Å²) in [7, 11) is 3.72. The van der Waals surface area contributed by atoms with Crippen LogP contribution in [0, 0.1) is 5.82 Å². The molecule has 0 aliphatic rings. The normalized spacial score (nSPS) is 11.9. The van der Waals surface area contributed by atoms with Crippen molar-refractivity contribution >= 4 is 40.9 Å². The predicted octanol–water partition coefficient (Wildman–Crippen LogP) is 4.87. The summed E-state index contributed by atoms with van der Waals surface area (Å²) in [5.74, 6) is 0.503. The molecule has 2 aromatic heterocycles. The second kappa shape index (κ2) is 9.80. The van der Waals surface area contributed by atoms with Crippen LogP contribution in [0.5, 0.6) is 5.75 Å². The van der Waals surface area contributed by atoms with Gasteiger partial charge in [-0.05, 0) is 50.5 Å². The fraction of sp³-hybridized carbons (Fsp3) is 0.200. The minimum absolute atomic E-state index is 0.132. The Morgan fingerprint density at radius 2 is 2.09 bits per heavy atom. The molecule has 0 aliphatic carbocycles. The molecule has 4 rings (SSSR count). The van der Waals surface area contributed by atoms with Gasteiger partial charge in [0.1, 0.15) is 24.0 Å². The van der Waals surface area contributed by atoms with E-state index in [9.17, 15) is 0 Å². The van der Waals surface area contributed by atoms with E-state index in [-0.39, 0.29) is 17.4 Å². The number of halogens is 1.